The maximum Gasteiger partial charge on any atom is 0.392 e. The maximum atomic E-state index is 12.1. The van der Waals surface area contributed by atoms with Crippen LogP contribution >= 0.6 is 10.7 Å². The standard InChI is InChI=1S/C6H8ClF3O2S/c7-13(11,12)3-4-1-2-5(4)6(8,9)10/h4-5H,1-3H2. The lowest BCUT2D eigenvalue weighted by Crippen LogP contribution is -2.41. The van der Waals surface area contributed by atoms with Gasteiger partial charge < -0.3 is 0 Å². The molecule has 2 unspecified atom stereocenters. The molecule has 0 aromatic rings. The van der Waals surface area contributed by atoms with Crippen molar-refractivity contribution in [3.8, 4) is 0 Å². The van der Waals surface area contributed by atoms with Gasteiger partial charge in [-0.25, -0.2) is 8.42 Å². The van der Waals surface area contributed by atoms with Crippen molar-refractivity contribution in [2.24, 2.45) is 11.8 Å². The molecule has 78 valence electrons. The van der Waals surface area contributed by atoms with Crippen LogP contribution in [0, 0.1) is 11.8 Å². The van der Waals surface area contributed by atoms with Crippen LogP contribution in [0.2, 0.25) is 0 Å². The van der Waals surface area contributed by atoms with Gasteiger partial charge in [0.1, 0.15) is 0 Å². The second-order valence-electron chi connectivity index (χ2n) is 3.19. The second kappa shape index (κ2) is 3.31. The van der Waals surface area contributed by atoms with E-state index in [0.717, 1.165) is 0 Å². The van der Waals surface area contributed by atoms with E-state index in [4.69, 9.17) is 10.7 Å². The van der Waals surface area contributed by atoms with Gasteiger partial charge in [-0.1, -0.05) is 0 Å². The van der Waals surface area contributed by atoms with Crippen LogP contribution in [0.3, 0.4) is 0 Å². The highest BCUT2D eigenvalue weighted by Crippen LogP contribution is 2.46. The van der Waals surface area contributed by atoms with E-state index in [9.17, 15) is 21.6 Å². The predicted molar refractivity (Wildman–Crippen MR) is 41.9 cm³/mol. The van der Waals surface area contributed by atoms with Crippen molar-refractivity contribution in [2.75, 3.05) is 5.75 Å². The molecule has 0 aromatic carbocycles. The highest BCUT2D eigenvalue weighted by Gasteiger charge is 2.50. The number of halogens is 4. The highest BCUT2D eigenvalue weighted by atomic mass is 35.7. The van der Waals surface area contributed by atoms with Crippen LogP contribution < -0.4 is 0 Å². The van der Waals surface area contributed by atoms with Crippen molar-refractivity contribution in [1.82, 2.24) is 0 Å². The van der Waals surface area contributed by atoms with E-state index in [1.54, 1.807) is 0 Å². The molecule has 1 fully saturated rings. The Balaban J connectivity index is 2.56. The monoisotopic (exact) mass is 236 g/mol. The third-order valence-corrected chi connectivity index (χ3v) is 3.46. The molecular weight excluding hydrogens is 229 g/mol. The lowest BCUT2D eigenvalue weighted by molar-refractivity contribution is -0.209. The Kier molecular flexibility index (Phi) is 2.83. The van der Waals surface area contributed by atoms with Crippen molar-refractivity contribution in [1.29, 1.82) is 0 Å². The zero-order valence-corrected chi connectivity index (χ0v) is 8.09. The van der Waals surface area contributed by atoms with Crippen LogP contribution in [0.1, 0.15) is 12.8 Å². The second-order valence-corrected chi connectivity index (χ2v) is 6.01. The van der Waals surface area contributed by atoms with Crippen molar-refractivity contribution in [2.45, 2.75) is 19.0 Å². The minimum absolute atomic E-state index is 0.0145. The van der Waals surface area contributed by atoms with E-state index in [0.29, 0.717) is 0 Å². The first kappa shape index (κ1) is 11.1. The van der Waals surface area contributed by atoms with Crippen molar-refractivity contribution in [3.63, 3.8) is 0 Å². The van der Waals surface area contributed by atoms with Crippen LogP contribution in [-0.2, 0) is 9.05 Å². The molecule has 2 nitrogen and oxygen atoms in total. The Bertz CT molecular complexity index is 285. The lowest BCUT2D eigenvalue weighted by atomic mass is 9.74. The average Bonchev–Trinajstić information content (AvgIpc) is 1.73. The van der Waals surface area contributed by atoms with Gasteiger partial charge in [0.05, 0.1) is 11.7 Å². The van der Waals surface area contributed by atoms with E-state index >= 15 is 0 Å². The topological polar surface area (TPSA) is 34.1 Å². The molecule has 1 aliphatic rings. The van der Waals surface area contributed by atoms with Crippen LogP contribution in [0.4, 0.5) is 13.2 Å². The molecule has 0 heterocycles. The highest BCUT2D eigenvalue weighted by molar-refractivity contribution is 8.13. The molecule has 0 aliphatic heterocycles. The van der Waals surface area contributed by atoms with E-state index in [2.05, 4.69) is 0 Å². The molecule has 0 spiro atoms. The summed E-state index contributed by atoms with van der Waals surface area (Å²) in [7, 11) is 1.06. The first-order valence-corrected chi connectivity index (χ1v) is 6.17. The maximum absolute atomic E-state index is 12.1. The third kappa shape index (κ3) is 3.02. The van der Waals surface area contributed by atoms with Crippen LogP contribution in [0.5, 0.6) is 0 Å². The van der Waals surface area contributed by atoms with Gasteiger partial charge in [-0.05, 0) is 18.8 Å². The van der Waals surface area contributed by atoms with Gasteiger partial charge in [0, 0.05) is 10.7 Å². The molecule has 1 saturated carbocycles. The van der Waals surface area contributed by atoms with Crippen molar-refractivity contribution < 1.29 is 21.6 Å². The SMILES string of the molecule is O=S(=O)(Cl)CC1CCC1C(F)(F)F. The van der Waals surface area contributed by atoms with Gasteiger partial charge in [0.2, 0.25) is 9.05 Å². The largest absolute Gasteiger partial charge is 0.392 e. The van der Waals surface area contributed by atoms with E-state index in [1.165, 1.54) is 0 Å². The first-order chi connectivity index (χ1) is 5.70. The molecule has 0 N–H and O–H groups in total. The van der Waals surface area contributed by atoms with E-state index in [1.807, 2.05) is 0 Å². The molecule has 0 aromatic heterocycles. The predicted octanol–water partition coefficient (Wildman–Crippen LogP) is 2.14. The Morgan fingerprint density at radius 1 is 1.31 bits per heavy atom. The summed E-state index contributed by atoms with van der Waals surface area (Å²) in [6.45, 7) is 0. The van der Waals surface area contributed by atoms with Gasteiger partial charge in [-0.3, -0.25) is 0 Å². The van der Waals surface area contributed by atoms with E-state index in [-0.39, 0.29) is 12.8 Å². The molecule has 0 saturated heterocycles. The Morgan fingerprint density at radius 3 is 2.08 bits per heavy atom. The summed E-state index contributed by atoms with van der Waals surface area (Å²) in [4.78, 5) is 0. The smallest absolute Gasteiger partial charge is 0.212 e. The van der Waals surface area contributed by atoms with Gasteiger partial charge in [0.25, 0.3) is 0 Å². The quantitative estimate of drug-likeness (QED) is 0.689. The first-order valence-electron chi connectivity index (χ1n) is 3.69. The van der Waals surface area contributed by atoms with Crippen molar-refractivity contribution in [3.05, 3.63) is 0 Å². The molecular formula is C6H8ClF3O2S. The molecule has 0 radical (unpaired) electrons. The molecule has 0 bridgehead atoms. The third-order valence-electron chi connectivity index (χ3n) is 2.25. The molecule has 1 aliphatic carbocycles. The molecule has 1 rings (SSSR count). The zero-order valence-electron chi connectivity index (χ0n) is 6.51. The van der Waals surface area contributed by atoms with E-state index < -0.39 is 32.8 Å². The van der Waals surface area contributed by atoms with Gasteiger partial charge >= 0.3 is 6.18 Å². The number of alkyl halides is 3. The summed E-state index contributed by atoms with van der Waals surface area (Å²) in [5, 5.41) is 0. The summed E-state index contributed by atoms with van der Waals surface area (Å²) in [5.74, 6) is -2.90. The number of hydrogen-bond donors (Lipinski definition) is 0. The molecule has 2 atom stereocenters. The molecule has 13 heavy (non-hydrogen) atoms. The summed E-state index contributed by atoms with van der Waals surface area (Å²) >= 11 is 0. The molecule has 0 amide bonds. The minimum Gasteiger partial charge on any atom is -0.212 e. The van der Waals surface area contributed by atoms with Crippen LogP contribution in [-0.4, -0.2) is 20.3 Å². The zero-order chi connectivity index (χ0) is 10.3. The minimum atomic E-state index is -4.29. The fraction of sp³-hybridized carbons (Fsp3) is 1.00. The summed E-state index contributed by atoms with van der Waals surface area (Å²) < 4.78 is 57.3. The number of rotatable bonds is 2. The van der Waals surface area contributed by atoms with Crippen molar-refractivity contribution >= 4 is 19.7 Å². The molecule has 7 heteroatoms. The Labute approximate surface area is 78.5 Å². The van der Waals surface area contributed by atoms with Gasteiger partial charge in [-0.15, -0.1) is 0 Å². The fourth-order valence-electron chi connectivity index (χ4n) is 1.46. The lowest BCUT2D eigenvalue weighted by Gasteiger charge is -2.36. The van der Waals surface area contributed by atoms with Gasteiger partial charge in [0.15, 0.2) is 0 Å². The summed E-state index contributed by atoms with van der Waals surface area (Å²) in [6.07, 6.45) is -3.98. The summed E-state index contributed by atoms with van der Waals surface area (Å²) in [6, 6.07) is 0. The van der Waals surface area contributed by atoms with Gasteiger partial charge in [-0.2, -0.15) is 13.2 Å². The Morgan fingerprint density at radius 2 is 1.85 bits per heavy atom. The number of hydrogen-bond acceptors (Lipinski definition) is 2. The Hall–Kier alpha value is 0.0300. The fourth-order valence-corrected chi connectivity index (χ4v) is 2.85. The normalized spacial score (nSPS) is 29.8. The average molecular weight is 237 g/mol. The summed E-state index contributed by atoms with van der Waals surface area (Å²) in [5.41, 5.74) is 0. The van der Waals surface area contributed by atoms with Crippen LogP contribution in [0.15, 0.2) is 0 Å². The van der Waals surface area contributed by atoms with Crippen LogP contribution in [0.25, 0.3) is 0 Å².